The highest BCUT2D eigenvalue weighted by atomic mass is 16.1. The molecule has 1 rings (SSSR count). The molecule has 0 atom stereocenters. The van der Waals surface area contributed by atoms with Crippen LogP contribution < -0.4 is 5.56 Å². The SMILES string of the molecule is Cc1cc(C#N)c(=O)[nH]n1. The number of H-pyrrole nitrogens is 1. The van der Waals surface area contributed by atoms with E-state index >= 15 is 0 Å². The van der Waals surface area contributed by atoms with Crippen LogP contribution in [0.1, 0.15) is 11.3 Å². The van der Waals surface area contributed by atoms with Gasteiger partial charge in [0.25, 0.3) is 5.56 Å². The second-order valence-electron chi connectivity index (χ2n) is 1.86. The maximum atomic E-state index is 10.7. The van der Waals surface area contributed by atoms with Crippen molar-refractivity contribution < 1.29 is 0 Å². The second kappa shape index (κ2) is 2.31. The van der Waals surface area contributed by atoms with Crippen LogP contribution in [-0.4, -0.2) is 10.2 Å². The third-order valence-corrected chi connectivity index (χ3v) is 1.05. The van der Waals surface area contributed by atoms with Crippen molar-refractivity contribution in [3.63, 3.8) is 0 Å². The van der Waals surface area contributed by atoms with Crippen LogP contribution in [0.15, 0.2) is 10.9 Å². The maximum Gasteiger partial charge on any atom is 0.282 e. The van der Waals surface area contributed by atoms with Crippen molar-refractivity contribution in [1.82, 2.24) is 10.2 Å². The second-order valence-corrected chi connectivity index (χ2v) is 1.86. The Hall–Kier alpha value is -1.63. The van der Waals surface area contributed by atoms with E-state index in [1.54, 1.807) is 13.0 Å². The van der Waals surface area contributed by atoms with Crippen molar-refractivity contribution in [2.75, 3.05) is 0 Å². The lowest BCUT2D eigenvalue weighted by molar-refractivity contribution is 0.939. The highest BCUT2D eigenvalue weighted by Gasteiger charge is 1.96. The summed E-state index contributed by atoms with van der Waals surface area (Å²) in [5.74, 6) is 0. The quantitative estimate of drug-likeness (QED) is 0.542. The molecule has 4 nitrogen and oxygen atoms in total. The van der Waals surface area contributed by atoms with Crippen molar-refractivity contribution in [2.45, 2.75) is 6.92 Å². The molecule has 0 saturated carbocycles. The molecule has 1 heterocycles. The molecular formula is C6H5N3O. The van der Waals surface area contributed by atoms with Gasteiger partial charge >= 0.3 is 0 Å². The fourth-order valence-corrected chi connectivity index (χ4v) is 0.589. The van der Waals surface area contributed by atoms with Gasteiger partial charge in [-0.2, -0.15) is 10.4 Å². The molecule has 50 valence electrons. The lowest BCUT2D eigenvalue weighted by Crippen LogP contribution is -2.11. The van der Waals surface area contributed by atoms with Gasteiger partial charge in [-0.05, 0) is 13.0 Å². The molecule has 0 unspecified atom stereocenters. The first-order valence-electron chi connectivity index (χ1n) is 2.70. The summed E-state index contributed by atoms with van der Waals surface area (Å²) in [6, 6.07) is 3.20. The number of aryl methyl sites for hydroxylation is 1. The predicted molar refractivity (Wildman–Crippen MR) is 34.3 cm³/mol. The number of nitriles is 1. The highest BCUT2D eigenvalue weighted by molar-refractivity contribution is 5.25. The molecule has 0 radical (unpaired) electrons. The summed E-state index contributed by atoms with van der Waals surface area (Å²) in [7, 11) is 0. The average Bonchev–Trinajstić information content (AvgIpc) is 1.94. The smallest absolute Gasteiger partial charge is 0.267 e. The minimum absolute atomic E-state index is 0.104. The summed E-state index contributed by atoms with van der Waals surface area (Å²) in [4.78, 5) is 10.7. The van der Waals surface area contributed by atoms with E-state index in [9.17, 15) is 4.79 Å². The van der Waals surface area contributed by atoms with Crippen molar-refractivity contribution in [2.24, 2.45) is 0 Å². The van der Waals surface area contributed by atoms with Crippen LogP contribution in [0.2, 0.25) is 0 Å². The van der Waals surface area contributed by atoms with Crippen molar-refractivity contribution in [1.29, 1.82) is 5.26 Å². The van der Waals surface area contributed by atoms with Gasteiger partial charge in [0, 0.05) is 0 Å². The molecule has 0 aliphatic heterocycles. The van der Waals surface area contributed by atoms with Gasteiger partial charge in [-0.25, -0.2) is 5.10 Å². The zero-order valence-corrected chi connectivity index (χ0v) is 5.38. The average molecular weight is 135 g/mol. The van der Waals surface area contributed by atoms with Crippen molar-refractivity contribution >= 4 is 0 Å². The first-order valence-corrected chi connectivity index (χ1v) is 2.70. The Morgan fingerprint density at radius 3 is 3.00 bits per heavy atom. The summed E-state index contributed by atoms with van der Waals surface area (Å²) < 4.78 is 0. The Bertz CT molecular complexity index is 334. The van der Waals surface area contributed by atoms with Gasteiger partial charge in [0.15, 0.2) is 0 Å². The zero-order valence-electron chi connectivity index (χ0n) is 5.38. The Kier molecular flexibility index (Phi) is 1.50. The van der Waals surface area contributed by atoms with E-state index in [-0.39, 0.29) is 5.56 Å². The van der Waals surface area contributed by atoms with E-state index in [0.717, 1.165) is 0 Å². The van der Waals surface area contributed by atoms with Gasteiger partial charge in [-0.15, -0.1) is 0 Å². The number of nitrogens with zero attached hydrogens (tertiary/aromatic N) is 2. The van der Waals surface area contributed by atoms with E-state index in [2.05, 4.69) is 10.2 Å². The van der Waals surface area contributed by atoms with E-state index in [1.807, 2.05) is 0 Å². The minimum atomic E-state index is -0.437. The molecule has 4 heteroatoms. The zero-order chi connectivity index (χ0) is 7.56. The normalized spacial score (nSPS) is 8.80. The standard InChI is InChI=1S/C6H5N3O/c1-4-2-5(3-7)6(10)9-8-4/h2H,1H3,(H,9,10). The highest BCUT2D eigenvalue weighted by Crippen LogP contribution is 1.88. The number of aromatic nitrogens is 2. The number of hydrogen-bond acceptors (Lipinski definition) is 3. The molecule has 0 aliphatic rings. The number of nitrogens with one attached hydrogen (secondary N) is 1. The largest absolute Gasteiger partial charge is 0.282 e. The predicted octanol–water partition coefficient (Wildman–Crippen LogP) is -0.0500. The van der Waals surface area contributed by atoms with Crippen LogP contribution in [-0.2, 0) is 0 Å². The van der Waals surface area contributed by atoms with Crippen LogP contribution in [0, 0.1) is 18.3 Å². The monoisotopic (exact) mass is 135 g/mol. The third-order valence-electron chi connectivity index (χ3n) is 1.05. The summed E-state index contributed by atoms with van der Waals surface area (Å²) >= 11 is 0. The van der Waals surface area contributed by atoms with Crippen molar-refractivity contribution in [3.05, 3.63) is 27.7 Å². The number of aromatic amines is 1. The van der Waals surface area contributed by atoms with Crippen LogP contribution in [0.3, 0.4) is 0 Å². The fourth-order valence-electron chi connectivity index (χ4n) is 0.589. The Labute approximate surface area is 57.1 Å². The Balaban J connectivity index is 3.40. The maximum absolute atomic E-state index is 10.7. The molecule has 1 N–H and O–H groups in total. The molecule has 0 fully saturated rings. The van der Waals surface area contributed by atoms with Gasteiger partial charge in [0.1, 0.15) is 11.6 Å². The van der Waals surface area contributed by atoms with Gasteiger partial charge in [0.05, 0.1) is 5.69 Å². The summed E-state index contributed by atoms with van der Waals surface area (Å²) in [6.45, 7) is 1.71. The number of rotatable bonds is 0. The van der Waals surface area contributed by atoms with Crippen LogP contribution in [0.5, 0.6) is 0 Å². The van der Waals surface area contributed by atoms with E-state index in [1.165, 1.54) is 6.07 Å². The van der Waals surface area contributed by atoms with Gasteiger partial charge in [0.2, 0.25) is 0 Å². The van der Waals surface area contributed by atoms with Gasteiger partial charge in [-0.1, -0.05) is 0 Å². The number of hydrogen-bond donors (Lipinski definition) is 1. The lowest BCUT2D eigenvalue weighted by Gasteiger charge is -1.88. The van der Waals surface area contributed by atoms with Crippen LogP contribution in [0.25, 0.3) is 0 Å². The molecule has 0 saturated heterocycles. The van der Waals surface area contributed by atoms with Gasteiger partial charge in [-0.3, -0.25) is 4.79 Å². The minimum Gasteiger partial charge on any atom is -0.267 e. The summed E-state index contributed by atoms with van der Waals surface area (Å²) in [5, 5.41) is 14.1. The fraction of sp³-hybridized carbons (Fsp3) is 0.167. The Morgan fingerprint density at radius 2 is 2.50 bits per heavy atom. The molecule has 10 heavy (non-hydrogen) atoms. The molecule has 1 aromatic heterocycles. The van der Waals surface area contributed by atoms with E-state index in [0.29, 0.717) is 5.69 Å². The first-order chi connectivity index (χ1) is 4.74. The van der Waals surface area contributed by atoms with Crippen molar-refractivity contribution in [3.8, 4) is 6.07 Å². The van der Waals surface area contributed by atoms with Crippen LogP contribution >= 0.6 is 0 Å². The topological polar surface area (TPSA) is 69.5 Å². The molecule has 1 aromatic rings. The van der Waals surface area contributed by atoms with Crippen LogP contribution in [0.4, 0.5) is 0 Å². The molecule has 0 amide bonds. The van der Waals surface area contributed by atoms with E-state index in [4.69, 9.17) is 5.26 Å². The molecular weight excluding hydrogens is 130 g/mol. The van der Waals surface area contributed by atoms with E-state index < -0.39 is 5.56 Å². The molecule has 0 aliphatic carbocycles. The first kappa shape index (κ1) is 6.49. The molecule has 0 spiro atoms. The third kappa shape index (κ3) is 1.03. The summed E-state index contributed by atoms with van der Waals surface area (Å²) in [6.07, 6.45) is 0. The van der Waals surface area contributed by atoms with Gasteiger partial charge < -0.3 is 0 Å². The lowest BCUT2D eigenvalue weighted by atomic mass is 10.3. The summed E-state index contributed by atoms with van der Waals surface area (Å²) in [5.41, 5.74) is 0.303. The Morgan fingerprint density at radius 1 is 1.80 bits per heavy atom. The molecule has 0 aromatic carbocycles. The molecule has 0 bridgehead atoms.